The average molecular weight is 352 g/mol. The van der Waals surface area contributed by atoms with Crippen molar-refractivity contribution in [3.05, 3.63) is 48.2 Å². The largest absolute Gasteiger partial charge is 0.508 e. The lowest BCUT2D eigenvalue weighted by atomic mass is 10.2. The van der Waals surface area contributed by atoms with Crippen molar-refractivity contribution in [3.8, 4) is 11.5 Å². The summed E-state index contributed by atoms with van der Waals surface area (Å²) in [5.41, 5.74) is 1.54. The van der Waals surface area contributed by atoms with Gasteiger partial charge in [0.2, 0.25) is 0 Å². The van der Waals surface area contributed by atoms with E-state index in [2.05, 4.69) is 15.5 Å². The highest BCUT2D eigenvalue weighted by atomic mass is 16.5. The number of carbonyl (C=O) groups is 2. The Labute approximate surface area is 148 Å². The monoisotopic (exact) mass is 352 g/mol. The van der Waals surface area contributed by atoms with Gasteiger partial charge in [-0.2, -0.15) is 5.10 Å². The molecule has 2 heterocycles. The van der Waals surface area contributed by atoms with Crippen molar-refractivity contribution in [2.45, 2.75) is 0 Å². The molecule has 8 nitrogen and oxygen atoms in total. The van der Waals surface area contributed by atoms with Crippen LogP contribution in [0.1, 0.15) is 10.5 Å². The Morgan fingerprint density at radius 3 is 3.04 bits per heavy atom. The van der Waals surface area contributed by atoms with E-state index in [-0.39, 0.29) is 36.4 Å². The molecule has 1 aliphatic rings. The van der Waals surface area contributed by atoms with Gasteiger partial charge in [-0.1, -0.05) is 12.1 Å². The SMILES string of the molecule is O=C(NCCN1C(=O)COc2ccccc21)c1n[nH]c2ccc(O)cc12. The maximum Gasteiger partial charge on any atom is 0.272 e. The Morgan fingerprint density at radius 1 is 1.31 bits per heavy atom. The second kappa shape index (κ2) is 6.40. The van der Waals surface area contributed by atoms with E-state index >= 15 is 0 Å². The van der Waals surface area contributed by atoms with Crippen LogP contribution in [0.2, 0.25) is 0 Å². The maximum atomic E-state index is 12.4. The van der Waals surface area contributed by atoms with Crippen molar-refractivity contribution >= 4 is 28.4 Å². The lowest BCUT2D eigenvalue weighted by Crippen LogP contribution is -2.43. The van der Waals surface area contributed by atoms with Crippen LogP contribution in [-0.4, -0.2) is 46.8 Å². The van der Waals surface area contributed by atoms with Crippen LogP contribution in [0.15, 0.2) is 42.5 Å². The second-order valence-electron chi connectivity index (χ2n) is 5.86. The van der Waals surface area contributed by atoms with Crippen molar-refractivity contribution < 1.29 is 19.4 Å². The maximum absolute atomic E-state index is 12.4. The second-order valence-corrected chi connectivity index (χ2v) is 5.86. The average Bonchev–Trinajstić information content (AvgIpc) is 3.06. The van der Waals surface area contributed by atoms with Crippen molar-refractivity contribution in [3.63, 3.8) is 0 Å². The summed E-state index contributed by atoms with van der Waals surface area (Å²) in [5.74, 6) is 0.166. The van der Waals surface area contributed by atoms with Crippen LogP contribution in [0.3, 0.4) is 0 Å². The van der Waals surface area contributed by atoms with Crippen molar-refractivity contribution in [1.82, 2.24) is 15.5 Å². The molecule has 0 unspecified atom stereocenters. The smallest absolute Gasteiger partial charge is 0.272 e. The molecule has 0 aliphatic carbocycles. The normalized spacial score (nSPS) is 13.4. The molecule has 0 radical (unpaired) electrons. The van der Waals surface area contributed by atoms with Gasteiger partial charge in [0.25, 0.3) is 11.8 Å². The summed E-state index contributed by atoms with van der Waals surface area (Å²) in [7, 11) is 0. The van der Waals surface area contributed by atoms with Gasteiger partial charge in [0.15, 0.2) is 12.3 Å². The molecule has 0 spiro atoms. The molecule has 3 N–H and O–H groups in total. The van der Waals surface area contributed by atoms with E-state index in [1.165, 1.54) is 12.1 Å². The zero-order valence-corrected chi connectivity index (χ0v) is 13.7. The summed E-state index contributed by atoms with van der Waals surface area (Å²) < 4.78 is 5.40. The lowest BCUT2D eigenvalue weighted by Gasteiger charge is -2.29. The van der Waals surface area contributed by atoms with Crippen LogP contribution < -0.4 is 15.0 Å². The van der Waals surface area contributed by atoms with E-state index in [1.54, 1.807) is 23.1 Å². The van der Waals surface area contributed by atoms with Crippen LogP contribution in [0.5, 0.6) is 11.5 Å². The minimum absolute atomic E-state index is 0.0196. The molecule has 0 atom stereocenters. The van der Waals surface area contributed by atoms with Gasteiger partial charge in [-0.15, -0.1) is 0 Å². The molecule has 0 saturated heterocycles. The number of benzene rings is 2. The van der Waals surface area contributed by atoms with Gasteiger partial charge in [0.05, 0.1) is 11.2 Å². The standard InChI is InChI=1S/C18H16N4O4/c23-11-5-6-13-12(9-11)17(21-20-13)18(25)19-7-8-22-14-3-1-2-4-15(14)26-10-16(22)24/h1-6,9,23H,7-8,10H2,(H,19,25)(H,20,21). The van der Waals surface area contributed by atoms with E-state index in [0.29, 0.717) is 28.9 Å². The zero-order chi connectivity index (χ0) is 18.1. The first kappa shape index (κ1) is 15.9. The van der Waals surface area contributed by atoms with E-state index in [9.17, 15) is 14.7 Å². The Morgan fingerprint density at radius 2 is 2.15 bits per heavy atom. The molecule has 26 heavy (non-hydrogen) atoms. The van der Waals surface area contributed by atoms with Gasteiger partial charge in [0, 0.05) is 18.5 Å². The third-order valence-electron chi connectivity index (χ3n) is 4.19. The zero-order valence-electron chi connectivity index (χ0n) is 13.7. The molecule has 1 aromatic heterocycles. The first-order valence-corrected chi connectivity index (χ1v) is 8.11. The molecule has 4 rings (SSSR count). The Kier molecular flexibility index (Phi) is 3.92. The molecule has 1 aliphatic heterocycles. The predicted octanol–water partition coefficient (Wildman–Crippen LogP) is 1.42. The molecule has 2 amide bonds. The van der Waals surface area contributed by atoms with Gasteiger partial charge >= 0.3 is 0 Å². The summed E-state index contributed by atoms with van der Waals surface area (Å²) in [4.78, 5) is 26.1. The lowest BCUT2D eigenvalue weighted by molar-refractivity contribution is -0.121. The topological polar surface area (TPSA) is 108 Å². The van der Waals surface area contributed by atoms with Crippen molar-refractivity contribution in [2.75, 3.05) is 24.6 Å². The van der Waals surface area contributed by atoms with E-state index in [4.69, 9.17) is 4.74 Å². The van der Waals surface area contributed by atoms with Gasteiger partial charge in [-0.3, -0.25) is 14.7 Å². The summed E-state index contributed by atoms with van der Waals surface area (Å²) >= 11 is 0. The summed E-state index contributed by atoms with van der Waals surface area (Å²) in [6.45, 7) is 0.554. The van der Waals surface area contributed by atoms with Crippen molar-refractivity contribution in [2.24, 2.45) is 0 Å². The molecular weight excluding hydrogens is 336 g/mol. The quantitative estimate of drug-likeness (QED) is 0.658. The highest BCUT2D eigenvalue weighted by Crippen LogP contribution is 2.31. The number of phenolic OH excluding ortho intramolecular Hbond substituents is 1. The number of fused-ring (bicyclic) bond motifs is 2. The third-order valence-corrected chi connectivity index (χ3v) is 4.19. The van der Waals surface area contributed by atoms with Gasteiger partial charge in [-0.25, -0.2) is 0 Å². The van der Waals surface area contributed by atoms with Gasteiger partial charge in [-0.05, 0) is 30.3 Å². The van der Waals surface area contributed by atoms with Gasteiger partial charge in [0.1, 0.15) is 11.5 Å². The number of nitrogens with one attached hydrogen (secondary N) is 2. The van der Waals surface area contributed by atoms with Gasteiger partial charge < -0.3 is 20.1 Å². The minimum atomic E-state index is -0.379. The highest BCUT2D eigenvalue weighted by Gasteiger charge is 2.25. The van der Waals surface area contributed by atoms with Crippen LogP contribution in [0.4, 0.5) is 5.69 Å². The van der Waals surface area contributed by atoms with Crippen LogP contribution in [0, 0.1) is 0 Å². The fourth-order valence-electron chi connectivity index (χ4n) is 2.94. The number of carbonyl (C=O) groups excluding carboxylic acids is 2. The third kappa shape index (κ3) is 2.81. The number of rotatable bonds is 4. The van der Waals surface area contributed by atoms with Crippen molar-refractivity contribution in [1.29, 1.82) is 0 Å². The molecule has 2 aromatic carbocycles. The van der Waals surface area contributed by atoms with E-state index < -0.39 is 0 Å². The molecule has 0 bridgehead atoms. The number of ether oxygens (including phenoxy) is 1. The number of aromatic nitrogens is 2. The molecule has 132 valence electrons. The number of aromatic amines is 1. The Hall–Kier alpha value is -3.55. The fourth-order valence-corrected chi connectivity index (χ4v) is 2.94. The minimum Gasteiger partial charge on any atom is -0.508 e. The summed E-state index contributed by atoms with van der Waals surface area (Å²) in [6.07, 6.45) is 0. The number of hydrogen-bond acceptors (Lipinski definition) is 5. The number of hydrogen-bond donors (Lipinski definition) is 3. The number of H-pyrrole nitrogens is 1. The van der Waals surface area contributed by atoms with Crippen LogP contribution in [0.25, 0.3) is 10.9 Å². The first-order chi connectivity index (χ1) is 12.6. The summed E-state index contributed by atoms with van der Waals surface area (Å²) in [5, 5.41) is 19.6. The number of phenols is 1. The number of para-hydroxylation sites is 2. The Balaban J connectivity index is 1.45. The number of amides is 2. The van der Waals surface area contributed by atoms with Crippen LogP contribution >= 0.6 is 0 Å². The number of anilines is 1. The molecule has 3 aromatic rings. The van der Waals surface area contributed by atoms with E-state index in [0.717, 1.165) is 0 Å². The number of nitrogens with zero attached hydrogens (tertiary/aromatic N) is 2. The predicted molar refractivity (Wildman–Crippen MR) is 94.4 cm³/mol. The summed E-state index contributed by atoms with van der Waals surface area (Å²) in [6, 6.07) is 11.9. The molecule has 8 heteroatoms. The first-order valence-electron chi connectivity index (χ1n) is 8.11. The molecular formula is C18H16N4O4. The van der Waals surface area contributed by atoms with Crippen LogP contribution in [-0.2, 0) is 4.79 Å². The Bertz CT molecular complexity index is 998. The van der Waals surface area contributed by atoms with E-state index in [1.807, 2.05) is 12.1 Å². The highest BCUT2D eigenvalue weighted by molar-refractivity contribution is 6.05. The fraction of sp³-hybridized carbons (Fsp3) is 0.167. The number of aromatic hydroxyl groups is 1. The molecule has 0 saturated carbocycles. The molecule has 0 fully saturated rings.